The lowest BCUT2D eigenvalue weighted by Crippen LogP contribution is -2.45. The third kappa shape index (κ3) is 3.80. The molecule has 0 spiro atoms. The summed E-state index contributed by atoms with van der Waals surface area (Å²) in [6.07, 6.45) is 2.69. The lowest BCUT2D eigenvalue weighted by molar-refractivity contribution is 0.0546. The van der Waals surface area contributed by atoms with Gasteiger partial charge in [0.2, 0.25) is 11.8 Å². The van der Waals surface area contributed by atoms with Crippen molar-refractivity contribution < 1.29 is 14.0 Å². The van der Waals surface area contributed by atoms with Crippen LogP contribution < -0.4 is 0 Å². The molecule has 0 saturated heterocycles. The van der Waals surface area contributed by atoms with Crippen LogP contribution in [-0.2, 0) is 13.0 Å². The Morgan fingerprint density at radius 2 is 1.92 bits per heavy atom. The van der Waals surface area contributed by atoms with Crippen LogP contribution >= 0.6 is 23.2 Å². The molecule has 1 fully saturated rings. The van der Waals surface area contributed by atoms with E-state index in [-0.39, 0.29) is 36.5 Å². The number of rotatable bonds is 4. The highest BCUT2D eigenvalue weighted by Crippen LogP contribution is 2.40. The fraction of sp³-hybridized carbons (Fsp3) is 0.480. The summed E-state index contributed by atoms with van der Waals surface area (Å²) in [7, 11) is 0. The van der Waals surface area contributed by atoms with Gasteiger partial charge in [0.15, 0.2) is 0 Å². The van der Waals surface area contributed by atoms with Crippen molar-refractivity contribution in [2.24, 2.45) is 0 Å². The molecular formula is C25H26Cl2N6O3. The molecule has 9 nitrogen and oxygen atoms in total. The largest absolute Gasteiger partial charge is 0.423 e. The minimum absolute atomic E-state index is 0.0360. The van der Waals surface area contributed by atoms with Gasteiger partial charge in [0.25, 0.3) is 11.8 Å². The standard InChI is InChI=1S/C25H26Cl2N6O3/c1-12-8-20-17(11-31(12)24(34)16-6-7-18(26)19(27)9-16)21-25(35)32(10-13(2)33(21)30-20)14(3)22-28-29-23(36-22)15-4-5-15/h6-7,9,12-15H,4-5,8,10-11H2,1-3H3/t12-,13-,14+/m1/s1. The topological polar surface area (TPSA) is 97.4 Å². The van der Waals surface area contributed by atoms with E-state index in [0.29, 0.717) is 52.0 Å². The van der Waals surface area contributed by atoms with Crippen LogP contribution in [0.25, 0.3) is 0 Å². The Morgan fingerprint density at radius 3 is 2.64 bits per heavy atom. The average molecular weight is 529 g/mol. The van der Waals surface area contributed by atoms with E-state index in [0.717, 1.165) is 24.1 Å². The maximum absolute atomic E-state index is 13.8. The van der Waals surface area contributed by atoms with Crippen molar-refractivity contribution in [3.05, 3.63) is 62.5 Å². The second kappa shape index (κ2) is 8.59. The van der Waals surface area contributed by atoms with E-state index in [4.69, 9.17) is 32.7 Å². The van der Waals surface area contributed by atoms with Crippen LogP contribution in [0.4, 0.5) is 0 Å². The molecule has 4 heterocycles. The molecular weight excluding hydrogens is 503 g/mol. The molecule has 0 radical (unpaired) electrons. The van der Waals surface area contributed by atoms with E-state index >= 15 is 0 Å². The number of halogens is 2. The molecule has 2 aliphatic heterocycles. The fourth-order valence-electron chi connectivity index (χ4n) is 5.13. The predicted octanol–water partition coefficient (Wildman–Crippen LogP) is 4.82. The number of benzene rings is 1. The number of carbonyl (C=O) groups is 2. The van der Waals surface area contributed by atoms with Crippen molar-refractivity contribution in [2.75, 3.05) is 6.54 Å². The van der Waals surface area contributed by atoms with E-state index < -0.39 is 0 Å². The third-order valence-electron chi connectivity index (χ3n) is 7.42. The fourth-order valence-corrected chi connectivity index (χ4v) is 5.43. The Hall–Kier alpha value is -2.91. The van der Waals surface area contributed by atoms with Gasteiger partial charge >= 0.3 is 0 Å². The molecule has 6 rings (SSSR count). The predicted molar refractivity (Wildman–Crippen MR) is 132 cm³/mol. The Labute approximate surface area is 218 Å². The average Bonchev–Trinajstić information content (AvgIpc) is 3.46. The van der Waals surface area contributed by atoms with Gasteiger partial charge in [-0.25, -0.2) is 0 Å². The molecule has 11 heteroatoms. The molecule has 2 aromatic heterocycles. The van der Waals surface area contributed by atoms with Crippen molar-refractivity contribution in [1.29, 1.82) is 0 Å². The number of aromatic nitrogens is 4. The highest BCUT2D eigenvalue weighted by molar-refractivity contribution is 6.42. The summed E-state index contributed by atoms with van der Waals surface area (Å²) in [6.45, 7) is 6.71. The summed E-state index contributed by atoms with van der Waals surface area (Å²) in [6, 6.07) is 4.38. The van der Waals surface area contributed by atoms with Gasteiger partial charge in [0.1, 0.15) is 11.7 Å². The summed E-state index contributed by atoms with van der Waals surface area (Å²) in [5, 5.41) is 13.9. The van der Waals surface area contributed by atoms with Crippen LogP contribution in [0, 0.1) is 0 Å². The smallest absolute Gasteiger partial charge is 0.273 e. The van der Waals surface area contributed by atoms with Gasteiger partial charge < -0.3 is 14.2 Å². The quantitative estimate of drug-likeness (QED) is 0.481. The maximum Gasteiger partial charge on any atom is 0.273 e. The van der Waals surface area contributed by atoms with E-state index in [1.807, 2.05) is 25.5 Å². The summed E-state index contributed by atoms with van der Waals surface area (Å²) < 4.78 is 7.73. The van der Waals surface area contributed by atoms with Crippen LogP contribution in [0.15, 0.2) is 22.6 Å². The Kier molecular flexibility index (Phi) is 5.60. The molecule has 3 aromatic rings. The molecule has 2 amide bonds. The molecule has 1 saturated carbocycles. The highest BCUT2D eigenvalue weighted by atomic mass is 35.5. The van der Waals surface area contributed by atoms with Gasteiger partial charge in [0.05, 0.1) is 28.3 Å². The van der Waals surface area contributed by atoms with Crippen molar-refractivity contribution in [3.8, 4) is 0 Å². The van der Waals surface area contributed by atoms with Gasteiger partial charge in [-0.2, -0.15) is 5.10 Å². The van der Waals surface area contributed by atoms with Crippen LogP contribution in [-0.4, -0.2) is 54.2 Å². The monoisotopic (exact) mass is 528 g/mol. The molecule has 188 valence electrons. The van der Waals surface area contributed by atoms with E-state index in [1.165, 1.54) is 0 Å². The summed E-state index contributed by atoms with van der Waals surface area (Å²) in [4.78, 5) is 30.8. The summed E-state index contributed by atoms with van der Waals surface area (Å²) in [5.74, 6) is 1.15. The van der Waals surface area contributed by atoms with E-state index in [9.17, 15) is 9.59 Å². The molecule has 1 aromatic carbocycles. The number of fused-ring (bicyclic) bond motifs is 3. The van der Waals surface area contributed by atoms with Crippen molar-refractivity contribution in [1.82, 2.24) is 29.8 Å². The normalized spacial score (nSPS) is 22.4. The Balaban J connectivity index is 1.31. The SMILES string of the molecule is C[C@@H]1Cc2nn3c(c2CN1C(=O)c1ccc(Cl)c(Cl)c1)C(=O)N([C@@H](C)c1nnc(C2CC2)o1)C[C@H]3C. The molecule has 36 heavy (non-hydrogen) atoms. The highest BCUT2D eigenvalue weighted by Gasteiger charge is 2.42. The number of hydrogen-bond donors (Lipinski definition) is 0. The second-order valence-electron chi connectivity index (χ2n) is 10.1. The van der Waals surface area contributed by atoms with Gasteiger partial charge in [-0.05, 0) is 51.8 Å². The number of amides is 2. The first-order valence-corrected chi connectivity index (χ1v) is 13.0. The maximum atomic E-state index is 13.8. The van der Waals surface area contributed by atoms with Gasteiger partial charge in [0, 0.05) is 36.1 Å². The lowest BCUT2D eigenvalue weighted by Gasteiger charge is -2.36. The minimum atomic E-state index is -0.365. The lowest BCUT2D eigenvalue weighted by atomic mass is 9.97. The van der Waals surface area contributed by atoms with Crippen LogP contribution in [0.3, 0.4) is 0 Å². The first kappa shape index (κ1) is 23.5. The molecule has 0 unspecified atom stereocenters. The van der Waals surface area contributed by atoms with Crippen LogP contribution in [0.1, 0.15) is 95.5 Å². The summed E-state index contributed by atoms with van der Waals surface area (Å²) >= 11 is 12.2. The van der Waals surface area contributed by atoms with Crippen molar-refractivity contribution >= 4 is 35.0 Å². The molecule has 0 bridgehead atoms. The molecule has 3 aliphatic rings. The molecule has 1 aliphatic carbocycles. The second-order valence-corrected chi connectivity index (χ2v) is 10.9. The number of carbonyl (C=O) groups excluding carboxylic acids is 2. The zero-order valence-corrected chi connectivity index (χ0v) is 21.8. The first-order valence-electron chi connectivity index (χ1n) is 12.2. The van der Waals surface area contributed by atoms with E-state index in [1.54, 1.807) is 28.0 Å². The molecule has 0 N–H and O–H groups in total. The van der Waals surface area contributed by atoms with Crippen LogP contribution in [0.2, 0.25) is 10.0 Å². The number of nitrogens with zero attached hydrogens (tertiary/aromatic N) is 6. The Bertz CT molecular complexity index is 1380. The van der Waals surface area contributed by atoms with Gasteiger partial charge in [-0.3, -0.25) is 14.3 Å². The minimum Gasteiger partial charge on any atom is -0.423 e. The van der Waals surface area contributed by atoms with Gasteiger partial charge in [-0.15, -0.1) is 10.2 Å². The van der Waals surface area contributed by atoms with Crippen LogP contribution in [0.5, 0.6) is 0 Å². The van der Waals surface area contributed by atoms with Crippen molar-refractivity contribution in [3.63, 3.8) is 0 Å². The Morgan fingerprint density at radius 1 is 1.14 bits per heavy atom. The third-order valence-corrected chi connectivity index (χ3v) is 8.16. The van der Waals surface area contributed by atoms with E-state index in [2.05, 4.69) is 10.2 Å². The molecule has 3 atom stereocenters. The zero-order chi connectivity index (χ0) is 25.3. The zero-order valence-electron chi connectivity index (χ0n) is 20.2. The van der Waals surface area contributed by atoms with Crippen molar-refractivity contribution in [2.45, 2.75) is 70.6 Å². The summed E-state index contributed by atoms with van der Waals surface area (Å²) in [5.41, 5.74) is 2.63. The first-order chi connectivity index (χ1) is 17.2. The number of hydrogen-bond acceptors (Lipinski definition) is 6. The van der Waals surface area contributed by atoms with Gasteiger partial charge in [-0.1, -0.05) is 23.2 Å².